The van der Waals surface area contributed by atoms with Crippen LogP contribution in [0.3, 0.4) is 0 Å². The second kappa shape index (κ2) is 6.05. The van der Waals surface area contributed by atoms with Gasteiger partial charge in [-0.15, -0.1) is 0 Å². The average Bonchev–Trinajstić information content (AvgIpc) is 3.12. The maximum atomic E-state index is 13.7. The van der Waals surface area contributed by atoms with Gasteiger partial charge < -0.3 is 10.1 Å². The van der Waals surface area contributed by atoms with E-state index >= 15 is 0 Å². The number of halogens is 2. The Kier molecular flexibility index (Phi) is 4.59. The Morgan fingerprint density at radius 2 is 1.90 bits per heavy atom. The number of benzene rings is 1. The zero-order valence-electron chi connectivity index (χ0n) is 11.2. The third-order valence-corrected chi connectivity index (χ3v) is 3.84. The van der Waals surface area contributed by atoms with Gasteiger partial charge in [-0.05, 0) is 30.5 Å². The molecule has 0 amide bonds. The molecule has 1 fully saturated rings. The van der Waals surface area contributed by atoms with E-state index in [1.54, 1.807) is 0 Å². The van der Waals surface area contributed by atoms with Crippen molar-refractivity contribution >= 4 is 9.84 Å². The first-order chi connectivity index (χ1) is 9.35. The number of nitrogens with one attached hydrogen (secondary N) is 1. The molecule has 4 nitrogen and oxygen atoms in total. The zero-order chi connectivity index (χ0) is 14.8. The van der Waals surface area contributed by atoms with E-state index in [9.17, 15) is 17.2 Å². The molecule has 1 saturated carbocycles. The van der Waals surface area contributed by atoms with Gasteiger partial charge in [-0.3, -0.25) is 0 Å². The quantitative estimate of drug-likeness (QED) is 0.832. The summed E-state index contributed by atoms with van der Waals surface area (Å²) in [7, 11) is -3.22. The van der Waals surface area contributed by atoms with Crippen LogP contribution in [0.25, 0.3) is 0 Å². The van der Waals surface area contributed by atoms with Crippen LogP contribution >= 0.6 is 0 Å². The lowest BCUT2D eigenvalue weighted by molar-refractivity contribution is 0.303. The molecule has 1 aliphatic rings. The predicted octanol–water partition coefficient (Wildman–Crippen LogP) is 1.64. The monoisotopic (exact) mass is 305 g/mol. The minimum Gasteiger partial charge on any atom is -0.487 e. The highest BCUT2D eigenvalue weighted by atomic mass is 32.2. The van der Waals surface area contributed by atoms with E-state index in [0.29, 0.717) is 18.2 Å². The Labute approximate surface area is 117 Å². The molecule has 1 aromatic carbocycles. The molecule has 20 heavy (non-hydrogen) atoms. The first-order valence-corrected chi connectivity index (χ1v) is 8.43. The highest BCUT2D eigenvalue weighted by Crippen LogP contribution is 2.24. The summed E-state index contributed by atoms with van der Waals surface area (Å²) in [5.74, 6) is -2.43. The fourth-order valence-corrected chi connectivity index (χ4v) is 2.08. The SMILES string of the molecule is CS(=O)(=O)CCOc1c(F)cc(CNC2CC2)cc1F. The molecule has 0 bridgehead atoms. The summed E-state index contributed by atoms with van der Waals surface area (Å²) < 4.78 is 54.2. The lowest BCUT2D eigenvalue weighted by Gasteiger charge is -2.10. The number of sulfone groups is 1. The fourth-order valence-electron chi connectivity index (χ4n) is 1.70. The highest BCUT2D eigenvalue weighted by Gasteiger charge is 2.21. The van der Waals surface area contributed by atoms with E-state index in [-0.39, 0.29) is 12.4 Å². The number of rotatable bonds is 7. The second-order valence-electron chi connectivity index (χ2n) is 5.02. The first-order valence-electron chi connectivity index (χ1n) is 6.37. The Hall–Kier alpha value is -1.21. The maximum absolute atomic E-state index is 13.7. The molecule has 0 heterocycles. The van der Waals surface area contributed by atoms with Crippen molar-refractivity contribution in [1.82, 2.24) is 5.32 Å². The average molecular weight is 305 g/mol. The van der Waals surface area contributed by atoms with E-state index < -0.39 is 27.2 Å². The van der Waals surface area contributed by atoms with Crippen molar-refractivity contribution in [2.45, 2.75) is 25.4 Å². The minimum absolute atomic E-state index is 0.271. The van der Waals surface area contributed by atoms with Crippen LogP contribution in [0.15, 0.2) is 12.1 Å². The van der Waals surface area contributed by atoms with Crippen LogP contribution in [0.5, 0.6) is 5.75 Å². The molecule has 1 N–H and O–H groups in total. The second-order valence-corrected chi connectivity index (χ2v) is 7.28. The Morgan fingerprint density at radius 3 is 2.40 bits per heavy atom. The van der Waals surface area contributed by atoms with Gasteiger partial charge in [0.1, 0.15) is 6.61 Å². The predicted molar refractivity (Wildman–Crippen MR) is 71.4 cm³/mol. The lowest BCUT2D eigenvalue weighted by atomic mass is 10.2. The molecule has 7 heteroatoms. The van der Waals surface area contributed by atoms with Crippen molar-refractivity contribution in [2.75, 3.05) is 18.6 Å². The molecular formula is C13H17F2NO3S. The molecule has 0 aliphatic heterocycles. The van der Waals surface area contributed by atoms with Gasteiger partial charge in [0.05, 0.1) is 5.75 Å². The van der Waals surface area contributed by atoms with E-state index in [4.69, 9.17) is 4.74 Å². The maximum Gasteiger partial charge on any atom is 0.190 e. The van der Waals surface area contributed by atoms with E-state index in [1.807, 2.05) is 0 Å². The molecular weight excluding hydrogens is 288 g/mol. The summed E-state index contributed by atoms with van der Waals surface area (Å²) in [4.78, 5) is 0. The molecule has 0 atom stereocenters. The van der Waals surface area contributed by atoms with Gasteiger partial charge in [0.15, 0.2) is 27.2 Å². The Balaban J connectivity index is 1.97. The smallest absolute Gasteiger partial charge is 0.190 e. The summed E-state index contributed by atoms with van der Waals surface area (Å²) >= 11 is 0. The third-order valence-electron chi connectivity index (χ3n) is 2.93. The summed E-state index contributed by atoms with van der Waals surface area (Å²) in [6, 6.07) is 2.86. The minimum atomic E-state index is -3.22. The first kappa shape index (κ1) is 15.2. The van der Waals surface area contributed by atoms with Crippen molar-refractivity contribution in [3.05, 3.63) is 29.3 Å². The summed E-state index contributed by atoms with van der Waals surface area (Å²) in [5.41, 5.74) is 0.502. The van der Waals surface area contributed by atoms with Crippen LogP contribution in [0.2, 0.25) is 0 Å². The molecule has 0 aromatic heterocycles. The molecule has 0 saturated heterocycles. The molecule has 2 rings (SSSR count). The van der Waals surface area contributed by atoms with E-state index in [2.05, 4.69) is 5.32 Å². The van der Waals surface area contributed by atoms with Gasteiger partial charge in [-0.2, -0.15) is 0 Å². The lowest BCUT2D eigenvalue weighted by Crippen LogP contribution is -2.16. The molecule has 0 spiro atoms. The van der Waals surface area contributed by atoms with Crippen LogP contribution in [-0.4, -0.2) is 33.1 Å². The molecule has 0 unspecified atom stereocenters. The van der Waals surface area contributed by atoms with Gasteiger partial charge in [0.25, 0.3) is 0 Å². The van der Waals surface area contributed by atoms with Crippen LogP contribution < -0.4 is 10.1 Å². The van der Waals surface area contributed by atoms with Crippen LogP contribution in [0.4, 0.5) is 8.78 Å². The van der Waals surface area contributed by atoms with Crippen molar-refractivity contribution in [3.8, 4) is 5.75 Å². The van der Waals surface area contributed by atoms with Crippen LogP contribution in [-0.2, 0) is 16.4 Å². The number of hydrogen-bond donors (Lipinski definition) is 1. The molecule has 112 valence electrons. The Morgan fingerprint density at radius 1 is 1.30 bits per heavy atom. The van der Waals surface area contributed by atoms with E-state index in [1.165, 1.54) is 12.1 Å². The van der Waals surface area contributed by atoms with Gasteiger partial charge >= 0.3 is 0 Å². The van der Waals surface area contributed by atoms with Gasteiger partial charge in [0.2, 0.25) is 0 Å². The Bertz CT molecular complexity index is 562. The third kappa shape index (κ3) is 4.72. The zero-order valence-corrected chi connectivity index (χ0v) is 12.0. The summed E-state index contributed by atoms with van der Waals surface area (Å²) in [6.07, 6.45) is 3.23. The molecule has 0 radical (unpaired) electrons. The van der Waals surface area contributed by atoms with Gasteiger partial charge in [-0.1, -0.05) is 0 Å². The fraction of sp³-hybridized carbons (Fsp3) is 0.538. The van der Waals surface area contributed by atoms with Gasteiger partial charge in [-0.25, -0.2) is 17.2 Å². The normalized spacial score (nSPS) is 15.3. The molecule has 1 aliphatic carbocycles. The number of ether oxygens (including phenoxy) is 1. The highest BCUT2D eigenvalue weighted by molar-refractivity contribution is 7.90. The summed E-state index contributed by atoms with van der Waals surface area (Å²) in [6.45, 7) is 0.133. The largest absolute Gasteiger partial charge is 0.487 e. The molecule has 1 aromatic rings. The standard InChI is InChI=1S/C13H17F2NO3S/c1-20(17,18)5-4-19-13-11(14)6-9(7-12(13)15)8-16-10-2-3-10/h6-7,10,16H,2-5,8H2,1H3. The van der Waals surface area contributed by atoms with Crippen molar-refractivity contribution < 1.29 is 21.9 Å². The van der Waals surface area contributed by atoms with Crippen molar-refractivity contribution in [2.24, 2.45) is 0 Å². The van der Waals surface area contributed by atoms with Crippen molar-refractivity contribution in [1.29, 1.82) is 0 Å². The van der Waals surface area contributed by atoms with E-state index in [0.717, 1.165) is 19.1 Å². The topological polar surface area (TPSA) is 55.4 Å². The van der Waals surface area contributed by atoms with Gasteiger partial charge in [0, 0.05) is 18.8 Å². The van der Waals surface area contributed by atoms with Crippen molar-refractivity contribution in [3.63, 3.8) is 0 Å². The number of hydrogen-bond acceptors (Lipinski definition) is 4. The van der Waals surface area contributed by atoms with Crippen LogP contribution in [0.1, 0.15) is 18.4 Å². The summed E-state index contributed by atoms with van der Waals surface area (Å²) in [5, 5.41) is 3.16. The van der Waals surface area contributed by atoms with Crippen LogP contribution in [0, 0.1) is 11.6 Å².